The van der Waals surface area contributed by atoms with E-state index in [2.05, 4.69) is 0 Å². The van der Waals surface area contributed by atoms with Crippen LogP contribution in [-0.2, 0) is 28.5 Å². The van der Waals surface area contributed by atoms with E-state index in [1.807, 2.05) is 0 Å². The van der Waals surface area contributed by atoms with E-state index in [4.69, 9.17) is 23.7 Å². The third kappa shape index (κ3) is 13.4. The molecule has 0 saturated heterocycles. The number of esters is 2. The van der Waals surface area contributed by atoms with Crippen molar-refractivity contribution >= 4 is 18.0 Å². The van der Waals surface area contributed by atoms with Crippen LogP contribution in [0.25, 0.3) is 6.08 Å². The van der Waals surface area contributed by atoms with Gasteiger partial charge in [-0.2, -0.15) is 79.0 Å². The second-order valence-corrected chi connectivity index (χ2v) is 13.4. The summed E-state index contributed by atoms with van der Waals surface area (Å²) in [6.45, 7) is 0.923. The smallest absolute Gasteiger partial charge is 0.460 e. The molecule has 59 heavy (non-hydrogen) atoms. The Bertz CT molecular complexity index is 1480. The Hall–Kier alpha value is -3.64. The van der Waals surface area contributed by atoms with E-state index in [9.17, 15) is 88.6 Å². The van der Waals surface area contributed by atoms with Crippen molar-refractivity contribution in [3.8, 4) is 5.75 Å². The molecule has 0 aromatic heterocycles. The molecule has 0 aliphatic rings. The highest BCUT2D eigenvalue weighted by Crippen LogP contribution is 2.55. The summed E-state index contributed by atoms with van der Waals surface area (Å²) in [5.74, 6) is -45.1. The standard InChI is InChI=1S/C34H38F18O7/c1-5-25(2,3)24(54)57-20-19-56-23(53)12-9-21-7-10-22(11-8-21)55-16-6-13-26(4,58-17-14-27(35,36)29(39,40)31(43,44)33(47,48)49)59-18-15-28(37,38)30(41,42)32(45,46)34(50,51)52/h7-12H,5-6,13-20H2,1-4H3/b12-9+. The average Bonchev–Trinajstić information content (AvgIpc) is 3.10. The highest BCUT2D eigenvalue weighted by atomic mass is 19.4. The van der Waals surface area contributed by atoms with Crippen LogP contribution in [0.4, 0.5) is 79.0 Å². The summed E-state index contributed by atoms with van der Waals surface area (Å²) in [5, 5.41) is 0. The highest BCUT2D eigenvalue weighted by molar-refractivity contribution is 5.87. The molecule has 0 saturated carbocycles. The summed E-state index contributed by atoms with van der Waals surface area (Å²) in [4.78, 5) is 23.8. The molecule has 25 heteroatoms. The molecular weight excluding hydrogens is 862 g/mol. The maximum atomic E-state index is 14.0. The Morgan fingerprint density at radius 3 is 1.39 bits per heavy atom. The fourth-order valence-electron chi connectivity index (χ4n) is 4.19. The fraction of sp³-hybridized carbons (Fsp3) is 0.706. The van der Waals surface area contributed by atoms with Gasteiger partial charge in [-0.1, -0.05) is 19.1 Å². The number of benzene rings is 1. The molecule has 0 aliphatic carbocycles. The molecule has 0 N–H and O–H groups in total. The van der Waals surface area contributed by atoms with Gasteiger partial charge in [0.1, 0.15) is 19.0 Å². The normalized spacial score (nSPS) is 14.5. The molecule has 0 amide bonds. The quantitative estimate of drug-likeness (QED) is 0.0336. The van der Waals surface area contributed by atoms with Crippen LogP contribution in [-0.4, -0.2) is 98.6 Å². The van der Waals surface area contributed by atoms with E-state index >= 15 is 0 Å². The topological polar surface area (TPSA) is 80.3 Å². The summed E-state index contributed by atoms with van der Waals surface area (Å²) >= 11 is 0. The van der Waals surface area contributed by atoms with Crippen LogP contribution in [0.1, 0.15) is 65.4 Å². The van der Waals surface area contributed by atoms with Crippen molar-refractivity contribution in [3.05, 3.63) is 35.9 Å². The first-order valence-electron chi connectivity index (χ1n) is 16.9. The minimum Gasteiger partial charge on any atom is -0.494 e. The van der Waals surface area contributed by atoms with Crippen molar-refractivity contribution in [2.24, 2.45) is 5.41 Å². The van der Waals surface area contributed by atoms with Gasteiger partial charge in [0.05, 0.1) is 25.2 Å². The predicted molar refractivity (Wildman–Crippen MR) is 168 cm³/mol. The number of halogens is 18. The summed E-state index contributed by atoms with van der Waals surface area (Å²) < 4.78 is 263. The van der Waals surface area contributed by atoms with Gasteiger partial charge in [-0.15, -0.1) is 0 Å². The van der Waals surface area contributed by atoms with Crippen LogP contribution < -0.4 is 4.74 Å². The van der Waals surface area contributed by atoms with Crippen molar-refractivity contribution in [2.75, 3.05) is 33.0 Å². The molecule has 7 nitrogen and oxygen atoms in total. The number of carbonyl (C=O) groups excluding carboxylic acids is 2. The third-order valence-corrected chi connectivity index (χ3v) is 8.40. The van der Waals surface area contributed by atoms with Gasteiger partial charge >= 0.3 is 59.8 Å². The van der Waals surface area contributed by atoms with E-state index in [0.717, 1.165) is 6.08 Å². The summed E-state index contributed by atoms with van der Waals surface area (Å²) in [6, 6.07) is 5.40. The van der Waals surface area contributed by atoms with Crippen LogP contribution in [0.2, 0.25) is 0 Å². The largest absolute Gasteiger partial charge is 0.494 e. The zero-order valence-electron chi connectivity index (χ0n) is 31.2. The Morgan fingerprint density at radius 2 is 0.983 bits per heavy atom. The molecule has 342 valence electrons. The van der Waals surface area contributed by atoms with Gasteiger partial charge in [0, 0.05) is 25.3 Å². The van der Waals surface area contributed by atoms with Gasteiger partial charge < -0.3 is 23.7 Å². The first-order valence-corrected chi connectivity index (χ1v) is 16.9. The Balaban J connectivity index is 2.99. The average molecular weight is 901 g/mol. The van der Waals surface area contributed by atoms with Crippen LogP contribution in [0.3, 0.4) is 0 Å². The van der Waals surface area contributed by atoms with E-state index in [0.29, 0.717) is 18.9 Å². The zero-order valence-corrected chi connectivity index (χ0v) is 31.2. The van der Waals surface area contributed by atoms with Crippen LogP contribution in [0, 0.1) is 5.41 Å². The lowest BCUT2D eigenvalue weighted by molar-refractivity contribution is -0.399. The lowest BCUT2D eigenvalue weighted by Crippen LogP contribution is -2.61. The maximum absolute atomic E-state index is 14.0. The predicted octanol–water partition coefficient (Wildman–Crippen LogP) is 10.8. The number of hydrogen-bond donors (Lipinski definition) is 0. The lowest BCUT2D eigenvalue weighted by Gasteiger charge is -2.36. The van der Waals surface area contributed by atoms with Crippen molar-refractivity contribution in [3.63, 3.8) is 0 Å². The minimum absolute atomic E-state index is 0.0602. The van der Waals surface area contributed by atoms with E-state index in [1.165, 1.54) is 30.3 Å². The molecule has 0 fully saturated rings. The van der Waals surface area contributed by atoms with E-state index < -0.39 is 117 Å². The summed E-state index contributed by atoms with van der Waals surface area (Å²) in [7, 11) is 0. The number of alkyl halides is 18. The molecule has 0 aliphatic heterocycles. The monoisotopic (exact) mass is 900 g/mol. The SMILES string of the molecule is CCC(C)(C)C(=O)OCCOC(=O)/C=C/c1ccc(OCCCC(C)(OCCC(F)(F)C(F)(F)C(F)(F)C(F)(F)F)OCCC(F)(F)C(F)(F)C(F)(F)C(F)(F)F)cc1. The molecule has 0 unspecified atom stereocenters. The van der Waals surface area contributed by atoms with Crippen LogP contribution in [0.5, 0.6) is 5.75 Å². The zero-order chi connectivity index (χ0) is 46.2. The molecule has 0 spiro atoms. The number of rotatable bonds is 24. The number of ether oxygens (including phenoxy) is 5. The van der Waals surface area contributed by atoms with Gasteiger partial charge in [-0.25, -0.2) is 4.79 Å². The van der Waals surface area contributed by atoms with Gasteiger partial charge in [0.15, 0.2) is 5.79 Å². The van der Waals surface area contributed by atoms with E-state index in [-0.39, 0.29) is 19.0 Å². The molecule has 0 radical (unpaired) electrons. The molecular formula is C34H38F18O7. The van der Waals surface area contributed by atoms with Crippen molar-refractivity contribution in [1.29, 1.82) is 0 Å². The number of carbonyl (C=O) groups is 2. The summed E-state index contributed by atoms with van der Waals surface area (Å²) in [6.07, 6.45) is -18.1. The molecule has 1 aromatic carbocycles. The first-order chi connectivity index (χ1) is 26.4. The lowest BCUT2D eigenvalue weighted by atomic mass is 9.91. The third-order valence-electron chi connectivity index (χ3n) is 8.40. The molecule has 0 heterocycles. The fourth-order valence-corrected chi connectivity index (χ4v) is 4.19. The van der Waals surface area contributed by atoms with Gasteiger partial charge in [0.2, 0.25) is 0 Å². The number of hydrogen-bond acceptors (Lipinski definition) is 7. The first kappa shape index (κ1) is 53.4. The van der Waals surface area contributed by atoms with Crippen LogP contribution in [0.15, 0.2) is 30.3 Å². The molecule has 0 bridgehead atoms. The van der Waals surface area contributed by atoms with Gasteiger partial charge in [-0.3, -0.25) is 4.79 Å². The van der Waals surface area contributed by atoms with Crippen molar-refractivity contribution in [2.45, 2.75) is 113 Å². The second kappa shape index (κ2) is 19.4. The van der Waals surface area contributed by atoms with Gasteiger partial charge in [-0.05, 0) is 57.4 Å². The van der Waals surface area contributed by atoms with E-state index in [1.54, 1.807) is 20.8 Å². The second-order valence-electron chi connectivity index (χ2n) is 13.4. The molecule has 0 atom stereocenters. The van der Waals surface area contributed by atoms with Crippen molar-refractivity contribution < 1.29 is 112 Å². The Labute approximate surface area is 324 Å². The highest BCUT2D eigenvalue weighted by Gasteiger charge is 2.82. The van der Waals surface area contributed by atoms with Crippen LogP contribution >= 0.6 is 0 Å². The molecule has 1 aromatic rings. The Morgan fingerprint density at radius 1 is 0.559 bits per heavy atom. The van der Waals surface area contributed by atoms with Crippen molar-refractivity contribution in [1.82, 2.24) is 0 Å². The molecule has 1 rings (SSSR count). The summed E-state index contributed by atoms with van der Waals surface area (Å²) in [5.41, 5.74) is -0.339. The van der Waals surface area contributed by atoms with Gasteiger partial charge in [0.25, 0.3) is 0 Å². The maximum Gasteiger partial charge on any atom is 0.460 e. The Kier molecular flexibility index (Phi) is 17.5. The minimum atomic E-state index is -7.29.